The fraction of sp³-hybridized carbons (Fsp3) is 0.350. The summed E-state index contributed by atoms with van der Waals surface area (Å²) in [6.07, 6.45) is 8.24. The zero-order chi connectivity index (χ0) is 17.9. The van der Waals surface area contributed by atoms with E-state index < -0.39 is 0 Å². The highest BCUT2D eigenvalue weighted by Gasteiger charge is 2.23. The van der Waals surface area contributed by atoms with Crippen LogP contribution >= 0.6 is 17.0 Å². The standard InChI is InChI=1S/C20H22N4O2.BrH/c1-2-15-7-6-11-23(14-15)26-19-18(16-8-4-3-5-9-16)20(25)24-12-10-21-13-17(24)22-19;/h3-5,8-10,12-13,15H,2,6-7,11,14H2,1H3;1H. The van der Waals surface area contributed by atoms with Gasteiger partial charge in [-0.25, -0.2) is 0 Å². The molecule has 2 aromatic heterocycles. The van der Waals surface area contributed by atoms with Gasteiger partial charge in [0.05, 0.1) is 6.20 Å². The summed E-state index contributed by atoms with van der Waals surface area (Å²) in [6.45, 7) is 3.91. The molecule has 0 spiro atoms. The van der Waals surface area contributed by atoms with Gasteiger partial charge in [0, 0.05) is 25.5 Å². The molecule has 0 radical (unpaired) electrons. The van der Waals surface area contributed by atoms with Gasteiger partial charge in [0.25, 0.3) is 11.4 Å². The predicted molar refractivity (Wildman–Crippen MR) is 110 cm³/mol. The van der Waals surface area contributed by atoms with Gasteiger partial charge in [-0.05, 0) is 24.3 Å². The van der Waals surface area contributed by atoms with Crippen LogP contribution in [0.25, 0.3) is 16.8 Å². The molecular formula is C20H23BrN4O2. The first-order chi connectivity index (χ1) is 12.8. The van der Waals surface area contributed by atoms with Crippen molar-refractivity contribution in [3.63, 3.8) is 0 Å². The van der Waals surface area contributed by atoms with Crippen LogP contribution in [0.1, 0.15) is 26.2 Å². The maximum atomic E-state index is 13.1. The van der Waals surface area contributed by atoms with Crippen LogP contribution in [0, 0.1) is 5.92 Å². The molecule has 0 N–H and O–H groups in total. The van der Waals surface area contributed by atoms with Crippen LogP contribution in [-0.4, -0.2) is 32.5 Å². The summed E-state index contributed by atoms with van der Waals surface area (Å²) >= 11 is 0. The monoisotopic (exact) mass is 430 g/mol. The second-order valence-corrected chi connectivity index (χ2v) is 6.66. The number of hydroxylamine groups is 2. The Kier molecular flexibility index (Phi) is 6.23. The molecule has 0 amide bonds. The van der Waals surface area contributed by atoms with Crippen LogP contribution in [0.15, 0.2) is 53.7 Å². The zero-order valence-corrected chi connectivity index (χ0v) is 17.0. The smallest absolute Gasteiger partial charge is 0.269 e. The lowest BCUT2D eigenvalue weighted by Gasteiger charge is -2.31. The van der Waals surface area contributed by atoms with E-state index in [-0.39, 0.29) is 22.5 Å². The minimum atomic E-state index is -0.150. The highest BCUT2D eigenvalue weighted by molar-refractivity contribution is 8.93. The third kappa shape index (κ3) is 4.04. The number of fused-ring (bicyclic) bond motifs is 1. The van der Waals surface area contributed by atoms with Gasteiger partial charge < -0.3 is 4.84 Å². The Hall–Kier alpha value is -2.25. The van der Waals surface area contributed by atoms with Gasteiger partial charge in [-0.15, -0.1) is 22.0 Å². The Morgan fingerprint density at radius 2 is 2.07 bits per heavy atom. The Balaban J connectivity index is 0.00000210. The third-order valence-corrected chi connectivity index (χ3v) is 4.94. The van der Waals surface area contributed by atoms with Crippen molar-refractivity contribution >= 4 is 22.6 Å². The molecule has 0 bridgehead atoms. The SMILES string of the molecule is Br.CCC1CCCN(Oc2nc3cnccn3c(=O)c2-c2ccccc2)C1. The minimum Gasteiger partial charge on any atom is -0.385 e. The maximum Gasteiger partial charge on any atom is 0.269 e. The summed E-state index contributed by atoms with van der Waals surface area (Å²) in [5, 5.41) is 1.94. The summed E-state index contributed by atoms with van der Waals surface area (Å²) in [7, 11) is 0. The lowest BCUT2D eigenvalue weighted by molar-refractivity contribution is -0.0907. The predicted octanol–water partition coefficient (Wildman–Crippen LogP) is 3.75. The van der Waals surface area contributed by atoms with Crippen LogP contribution in [0.5, 0.6) is 5.88 Å². The number of benzene rings is 1. The van der Waals surface area contributed by atoms with E-state index in [1.54, 1.807) is 18.6 Å². The van der Waals surface area contributed by atoms with Gasteiger partial charge in [-0.2, -0.15) is 4.98 Å². The van der Waals surface area contributed by atoms with Crippen molar-refractivity contribution in [3.05, 3.63) is 59.3 Å². The van der Waals surface area contributed by atoms with Crippen LogP contribution < -0.4 is 10.4 Å². The van der Waals surface area contributed by atoms with E-state index in [1.165, 1.54) is 10.8 Å². The van der Waals surface area contributed by atoms with Crippen molar-refractivity contribution in [3.8, 4) is 17.0 Å². The Morgan fingerprint density at radius 3 is 2.85 bits per heavy atom. The van der Waals surface area contributed by atoms with Crippen molar-refractivity contribution in [2.45, 2.75) is 26.2 Å². The summed E-state index contributed by atoms with van der Waals surface area (Å²) < 4.78 is 1.51. The number of nitrogens with zero attached hydrogens (tertiary/aromatic N) is 4. The molecular weight excluding hydrogens is 408 g/mol. The van der Waals surface area contributed by atoms with Crippen LogP contribution in [-0.2, 0) is 0 Å². The van der Waals surface area contributed by atoms with E-state index in [1.807, 2.05) is 35.4 Å². The molecule has 27 heavy (non-hydrogen) atoms. The van der Waals surface area contributed by atoms with E-state index in [0.29, 0.717) is 23.0 Å². The summed E-state index contributed by atoms with van der Waals surface area (Å²) in [4.78, 5) is 27.9. The molecule has 7 heteroatoms. The molecule has 142 valence electrons. The second-order valence-electron chi connectivity index (χ2n) is 6.66. The molecule has 1 unspecified atom stereocenters. The quantitative estimate of drug-likeness (QED) is 0.630. The van der Waals surface area contributed by atoms with E-state index in [2.05, 4.69) is 16.9 Å². The molecule has 3 aromatic rings. The summed E-state index contributed by atoms with van der Waals surface area (Å²) in [6, 6.07) is 9.56. The fourth-order valence-corrected chi connectivity index (χ4v) is 3.46. The van der Waals surface area contributed by atoms with E-state index in [9.17, 15) is 4.79 Å². The normalized spacial score (nSPS) is 17.4. The first kappa shape index (κ1) is 19.5. The number of rotatable bonds is 4. The topological polar surface area (TPSA) is 59.7 Å². The highest BCUT2D eigenvalue weighted by atomic mass is 79.9. The molecule has 1 atom stereocenters. The summed E-state index contributed by atoms with van der Waals surface area (Å²) in [5.41, 5.74) is 1.61. The van der Waals surface area contributed by atoms with Crippen molar-refractivity contribution < 1.29 is 4.84 Å². The molecule has 1 aliphatic heterocycles. The first-order valence-corrected chi connectivity index (χ1v) is 9.11. The summed E-state index contributed by atoms with van der Waals surface area (Å²) in [5.74, 6) is 0.970. The maximum absolute atomic E-state index is 13.1. The van der Waals surface area contributed by atoms with Gasteiger partial charge in [-0.1, -0.05) is 43.7 Å². The van der Waals surface area contributed by atoms with Crippen molar-refractivity contribution in [1.29, 1.82) is 0 Å². The molecule has 1 fully saturated rings. The minimum absolute atomic E-state index is 0. The molecule has 0 aliphatic carbocycles. The van der Waals surface area contributed by atoms with Crippen molar-refractivity contribution in [1.82, 2.24) is 19.4 Å². The van der Waals surface area contributed by atoms with Gasteiger partial charge in [0.15, 0.2) is 5.65 Å². The van der Waals surface area contributed by atoms with Crippen LogP contribution in [0.4, 0.5) is 0 Å². The van der Waals surface area contributed by atoms with Gasteiger partial charge in [0.2, 0.25) is 0 Å². The number of hydrogen-bond acceptors (Lipinski definition) is 5. The highest BCUT2D eigenvalue weighted by Crippen LogP contribution is 2.27. The number of halogens is 1. The fourth-order valence-electron chi connectivity index (χ4n) is 3.46. The molecule has 0 saturated carbocycles. The Bertz CT molecular complexity index is 961. The second kappa shape index (κ2) is 8.63. The lowest BCUT2D eigenvalue weighted by Crippen LogP contribution is -2.38. The van der Waals surface area contributed by atoms with Gasteiger partial charge in [-0.3, -0.25) is 14.2 Å². The van der Waals surface area contributed by atoms with Gasteiger partial charge in [0.1, 0.15) is 5.56 Å². The first-order valence-electron chi connectivity index (χ1n) is 9.11. The van der Waals surface area contributed by atoms with Crippen LogP contribution in [0.3, 0.4) is 0 Å². The van der Waals surface area contributed by atoms with Gasteiger partial charge >= 0.3 is 0 Å². The lowest BCUT2D eigenvalue weighted by atomic mass is 9.97. The molecule has 1 aliphatic rings. The molecule has 3 heterocycles. The Morgan fingerprint density at radius 1 is 1.26 bits per heavy atom. The Labute approximate surface area is 168 Å². The average molecular weight is 431 g/mol. The third-order valence-electron chi connectivity index (χ3n) is 4.94. The van der Waals surface area contributed by atoms with E-state index >= 15 is 0 Å². The van der Waals surface area contributed by atoms with Crippen molar-refractivity contribution in [2.75, 3.05) is 13.1 Å². The number of piperidine rings is 1. The largest absolute Gasteiger partial charge is 0.385 e. The molecule has 1 aromatic carbocycles. The molecule has 6 nitrogen and oxygen atoms in total. The van der Waals surface area contributed by atoms with E-state index in [0.717, 1.165) is 31.5 Å². The number of hydrogen-bond donors (Lipinski definition) is 0. The molecule has 1 saturated heterocycles. The molecule has 4 rings (SSSR count). The zero-order valence-electron chi connectivity index (χ0n) is 15.2. The van der Waals surface area contributed by atoms with E-state index in [4.69, 9.17) is 4.84 Å². The number of aromatic nitrogens is 3. The van der Waals surface area contributed by atoms with Crippen molar-refractivity contribution in [2.24, 2.45) is 5.92 Å². The average Bonchev–Trinajstić information content (AvgIpc) is 2.69. The van der Waals surface area contributed by atoms with Crippen LogP contribution in [0.2, 0.25) is 0 Å².